The maximum atomic E-state index is 11.8. The van der Waals surface area contributed by atoms with Crippen molar-refractivity contribution in [1.82, 2.24) is 9.88 Å². The van der Waals surface area contributed by atoms with Crippen LogP contribution in [0, 0.1) is 0 Å². The molecule has 0 radical (unpaired) electrons. The molecule has 1 aromatic heterocycles. The van der Waals surface area contributed by atoms with Crippen LogP contribution in [0.3, 0.4) is 0 Å². The molecule has 1 saturated heterocycles. The third-order valence-corrected chi connectivity index (χ3v) is 2.74. The van der Waals surface area contributed by atoms with Crippen molar-refractivity contribution >= 4 is 6.09 Å². The van der Waals surface area contributed by atoms with Gasteiger partial charge in [0, 0.05) is 19.2 Å². The Kier molecular flexibility index (Phi) is 3.80. The highest BCUT2D eigenvalue weighted by atomic mass is 16.6. The van der Waals surface area contributed by atoms with E-state index in [4.69, 9.17) is 9.47 Å². The van der Waals surface area contributed by atoms with Crippen molar-refractivity contribution < 1.29 is 14.3 Å². The first kappa shape index (κ1) is 11.7. The van der Waals surface area contributed by atoms with E-state index in [1.54, 1.807) is 24.1 Å². The van der Waals surface area contributed by atoms with Gasteiger partial charge in [-0.15, -0.1) is 0 Å². The topological polar surface area (TPSA) is 51.7 Å². The summed E-state index contributed by atoms with van der Waals surface area (Å²) in [5.74, 6) is 0.948. The second-order valence-corrected chi connectivity index (χ2v) is 3.95. The fraction of sp³-hybridized carbons (Fsp3) is 0.500. The largest absolute Gasteiger partial charge is 0.481 e. The minimum Gasteiger partial charge on any atom is -0.481 e. The van der Waals surface area contributed by atoms with Crippen LogP contribution in [-0.4, -0.2) is 36.2 Å². The van der Waals surface area contributed by atoms with Crippen LogP contribution in [0.1, 0.15) is 19.3 Å². The third kappa shape index (κ3) is 3.09. The van der Waals surface area contributed by atoms with Crippen LogP contribution in [0.15, 0.2) is 18.3 Å². The van der Waals surface area contributed by atoms with Crippen LogP contribution in [0.25, 0.3) is 0 Å². The standard InChI is InChI=1S/C12H16N2O3/c1-16-11-6-5-10(9-13-11)17-12(15)14-7-3-2-4-8-14/h5-6,9H,2-4,7-8H2,1H3. The van der Waals surface area contributed by atoms with E-state index >= 15 is 0 Å². The van der Waals surface area contributed by atoms with Gasteiger partial charge in [-0.1, -0.05) is 0 Å². The van der Waals surface area contributed by atoms with Gasteiger partial charge in [-0.2, -0.15) is 0 Å². The molecule has 1 fully saturated rings. The highest BCUT2D eigenvalue weighted by Gasteiger charge is 2.18. The molecule has 2 rings (SSSR count). The van der Waals surface area contributed by atoms with Crippen LogP contribution in [0.4, 0.5) is 4.79 Å². The van der Waals surface area contributed by atoms with Gasteiger partial charge >= 0.3 is 6.09 Å². The van der Waals surface area contributed by atoms with Crippen molar-refractivity contribution in [3.8, 4) is 11.6 Å². The summed E-state index contributed by atoms with van der Waals surface area (Å²) < 4.78 is 10.2. The van der Waals surface area contributed by atoms with Crippen molar-refractivity contribution in [1.29, 1.82) is 0 Å². The van der Waals surface area contributed by atoms with Crippen LogP contribution < -0.4 is 9.47 Å². The minimum atomic E-state index is -0.295. The minimum absolute atomic E-state index is 0.295. The number of hydrogen-bond donors (Lipinski definition) is 0. The number of aromatic nitrogens is 1. The molecule has 5 heteroatoms. The molecule has 1 aromatic rings. The number of hydrogen-bond acceptors (Lipinski definition) is 4. The maximum Gasteiger partial charge on any atom is 0.415 e. The average molecular weight is 236 g/mol. The average Bonchev–Trinajstić information content (AvgIpc) is 2.40. The van der Waals surface area contributed by atoms with Crippen LogP contribution in [-0.2, 0) is 0 Å². The molecular weight excluding hydrogens is 220 g/mol. The Balaban J connectivity index is 1.92. The number of pyridine rings is 1. The number of likely N-dealkylation sites (tertiary alicyclic amines) is 1. The number of carbonyl (C=O) groups excluding carboxylic acids is 1. The van der Waals surface area contributed by atoms with Crippen molar-refractivity contribution in [2.24, 2.45) is 0 Å². The van der Waals surface area contributed by atoms with E-state index in [-0.39, 0.29) is 6.09 Å². The normalized spacial score (nSPS) is 15.5. The zero-order valence-corrected chi connectivity index (χ0v) is 9.89. The summed E-state index contributed by atoms with van der Waals surface area (Å²) in [6.07, 6.45) is 4.48. The van der Waals surface area contributed by atoms with E-state index in [2.05, 4.69) is 4.98 Å². The highest BCUT2D eigenvalue weighted by molar-refractivity contribution is 5.70. The van der Waals surface area contributed by atoms with Crippen LogP contribution in [0.5, 0.6) is 11.6 Å². The van der Waals surface area contributed by atoms with Crippen LogP contribution >= 0.6 is 0 Å². The lowest BCUT2D eigenvalue weighted by atomic mass is 10.1. The van der Waals surface area contributed by atoms with E-state index in [9.17, 15) is 4.79 Å². The summed E-state index contributed by atoms with van der Waals surface area (Å²) >= 11 is 0. The van der Waals surface area contributed by atoms with Gasteiger partial charge in [0.1, 0.15) is 0 Å². The molecule has 0 N–H and O–H groups in total. The first-order chi connectivity index (χ1) is 8.29. The number of methoxy groups -OCH3 is 1. The predicted octanol–water partition coefficient (Wildman–Crippen LogP) is 2.07. The number of piperidine rings is 1. The molecule has 0 unspecified atom stereocenters. The quantitative estimate of drug-likeness (QED) is 0.788. The molecule has 0 aliphatic carbocycles. The van der Waals surface area contributed by atoms with E-state index in [0.717, 1.165) is 25.9 Å². The highest BCUT2D eigenvalue weighted by Crippen LogP contribution is 2.16. The Morgan fingerprint density at radius 2 is 2.06 bits per heavy atom. The summed E-state index contributed by atoms with van der Waals surface area (Å²) in [6.45, 7) is 1.56. The van der Waals surface area contributed by atoms with E-state index in [1.807, 2.05) is 0 Å². The Labute approximate surface area is 100 Å². The molecule has 17 heavy (non-hydrogen) atoms. The van der Waals surface area contributed by atoms with Gasteiger partial charge in [-0.3, -0.25) is 0 Å². The zero-order chi connectivity index (χ0) is 12.1. The third-order valence-electron chi connectivity index (χ3n) is 2.74. The summed E-state index contributed by atoms with van der Waals surface area (Å²) in [4.78, 5) is 17.5. The number of amides is 1. The Hall–Kier alpha value is -1.78. The molecular formula is C12H16N2O3. The Morgan fingerprint density at radius 1 is 1.29 bits per heavy atom. The molecule has 5 nitrogen and oxygen atoms in total. The molecule has 0 atom stereocenters. The van der Waals surface area contributed by atoms with Crippen molar-refractivity contribution in [2.45, 2.75) is 19.3 Å². The first-order valence-corrected chi connectivity index (χ1v) is 5.76. The van der Waals surface area contributed by atoms with Gasteiger partial charge in [0.05, 0.1) is 13.3 Å². The summed E-state index contributed by atoms with van der Waals surface area (Å²) in [6, 6.07) is 3.34. The monoisotopic (exact) mass is 236 g/mol. The van der Waals surface area contributed by atoms with Gasteiger partial charge in [-0.05, 0) is 25.3 Å². The van der Waals surface area contributed by atoms with Gasteiger partial charge in [0.2, 0.25) is 5.88 Å². The SMILES string of the molecule is COc1ccc(OC(=O)N2CCCCC2)cn1. The molecule has 0 aromatic carbocycles. The zero-order valence-electron chi connectivity index (χ0n) is 9.89. The number of rotatable bonds is 2. The van der Waals surface area contributed by atoms with E-state index in [0.29, 0.717) is 11.6 Å². The molecule has 0 saturated carbocycles. The lowest BCUT2D eigenvalue weighted by molar-refractivity contribution is 0.142. The van der Waals surface area contributed by atoms with Gasteiger partial charge < -0.3 is 14.4 Å². The Bertz CT molecular complexity index is 372. The van der Waals surface area contributed by atoms with Crippen LogP contribution in [0.2, 0.25) is 0 Å². The summed E-state index contributed by atoms with van der Waals surface area (Å²) in [7, 11) is 1.54. The second kappa shape index (κ2) is 5.52. The number of carbonyl (C=O) groups is 1. The number of ether oxygens (including phenoxy) is 2. The predicted molar refractivity (Wildman–Crippen MR) is 62.2 cm³/mol. The first-order valence-electron chi connectivity index (χ1n) is 5.76. The lowest BCUT2D eigenvalue weighted by Crippen LogP contribution is -2.37. The van der Waals surface area contributed by atoms with E-state index in [1.165, 1.54) is 12.6 Å². The van der Waals surface area contributed by atoms with Crippen molar-refractivity contribution in [3.05, 3.63) is 18.3 Å². The summed E-state index contributed by atoms with van der Waals surface area (Å²) in [5, 5.41) is 0. The molecule has 0 bridgehead atoms. The molecule has 1 amide bonds. The Morgan fingerprint density at radius 3 is 2.65 bits per heavy atom. The van der Waals surface area contributed by atoms with Gasteiger partial charge in [0.15, 0.2) is 5.75 Å². The van der Waals surface area contributed by atoms with Gasteiger partial charge in [0.25, 0.3) is 0 Å². The summed E-state index contributed by atoms with van der Waals surface area (Å²) in [5.41, 5.74) is 0. The number of nitrogens with zero attached hydrogens (tertiary/aromatic N) is 2. The lowest BCUT2D eigenvalue weighted by Gasteiger charge is -2.25. The molecule has 92 valence electrons. The van der Waals surface area contributed by atoms with E-state index < -0.39 is 0 Å². The molecule has 2 heterocycles. The van der Waals surface area contributed by atoms with Crippen molar-refractivity contribution in [3.63, 3.8) is 0 Å². The molecule has 0 spiro atoms. The second-order valence-electron chi connectivity index (χ2n) is 3.95. The smallest absolute Gasteiger partial charge is 0.415 e. The maximum absolute atomic E-state index is 11.8. The fourth-order valence-corrected chi connectivity index (χ4v) is 1.79. The van der Waals surface area contributed by atoms with Crippen molar-refractivity contribution in [2.75, 3.05) is 20.2 Å². The molecule has 1 aliphatic heterocycles. The molecule has 1 aliphatic rings. The fourth-order valence-electron chi connectivity index (χ4n) is 1.79. The van der Waals surface area contributed by atoms with Gasteiger partial charge in [-0.25, -0.2) is 9.78 Å².